The first kappa shape index (κ1) is 36.0. The molecule has 0 rings (SSSR count). The molecule has 218 valence electrons. The van der Waals surface area contributed by atoms with Gasteiger partial charge in [-0.2, -0.15) is 0 Å². The smallest absolute Gasteiger partial charge is 0.0414 e. The molecule has 0 amide bonds. The van der Waals surface area contributed by atoms with Crippen LogP contribution in [0, 0.1) is 5.92 Å². The predicted molar refractivity (Wildman–Crippen MR) is 168 cm³/mol. The summed E-state index contributed by atoms with van der Waals surface area (Å²) in [6.07, 6.45) is 47.3. The van der Waals surface area contributed by atoms with Gasteiger partial charge in [0.2, 0.25) is 0 Å². The molecule has 1 unspecified atom stereocenters. The summed E-state index contributed by atoms with van der Waals surface area (Å²) >= 11 is 0. The lowest BCUT2D eigenvalue weighted by atomic mass is 9.89. The van der Waals surface area contributed by atoms with Crippen LogP contribution in [0.3, 0.4) is 0 Å². The highest BCUT2D eigenvalue weighted by molar-refractivity contribution is 4.62. The zero-order valence-electron chi connectivity index (χ0n) is 26.2. The second kappa shape index (κ2) is 33.0. The monoisotopic (exact) mass is 507 g/mol. The van der Waals surface area contributed by atoms with Crippen molar-refractivity contribution in [3.63, 3.8) is 0 Å². The fourth-order valence-electron chi connectivity index (χ4n) is 6.02. The van der Waals surface area contributed by atoms with Crippen molar-refractivity contribution in [3.05, 3.63) is 0 Å². The van der Waals surface area contributed by atoms with E-state index in [1.54, 1.807) is 0 Å². The number of hydrogen-bond acceptors (Lipinski definition) is 0. The average molecular weight is 507 g/mol. The Morgan fingerprint density at radius 2 is 0.389 bits per heavy atom. The average Bonchev–Trinajstić information content (AvgIpc) is 2.89. The Morgan fingerprint density at radius 3 is 0.611 bits per heavy atom. The number of unbranched alkanes of at least 4 members (excludes halogenated alkanes) is 26. The Kier molecular flexibility index (Phi) is 33.0. The van der Waals surface area contributed by atoms with Crippen molar-refractivity contribution in [2.75, 3.05) is 0 Å². The van der Waals surface area contributed by atoms with Crippen molar-refractivity contribution in [2.45, 2.75) is 226 Å². The lowest BCUT2D eigenvalue weighted by Crippen LogP contribution is -2.01. The number of rotatable bonds is 32. The number of hydrogen-bond donors (Lipinski definition) is 0. The van der Waals surface area contributed by atoms with Gasteiger partial charge in [0.15, 0.2) is 0 Å². The Labute approximate surface area is 232 Å². The molecule has 1 atom stereocenters. The molecule has 0 spiro atoms. The lowest BCUT2D eigenvalue weighted by molar-refractivity contribution is 0.366. The van der Waals surface area contributed by atoms with E-state index in [1.165, 1.54) is 205 Å². The molecule has 0 heteroatoms. The third-order valence-electron chi connectivity index (χ3n) is 8.65. The zero-order chi connectivity index (χ0) is 26.2. The third kappa shape index (κ3) is 30.2. The molecule has 0 saturated heterocycles. The van der Waals surface area contributed by atoms with Crippen molar-refractivity contribution in [2.24, 2.45) is 5.92 Å². The van der Waals surface area contributed by atoms with Gasteiger partial charge in [0, 0.05) is 0 Å². The van der Waals surface area contributed by atoms with Gasteiger partial charge in [-0.1, -0.05) is 226 Å². The minimum Gasteiger partial charge on any atom is -0.0654 e. The van der Waals surface area contributed by atoms with Gasteiger partial charge >= 0.3 is 0 Å². The van der Waals surface area contributed by atoms with E-state index in [9.17, 15) is 0 Å². The Bertz CT molecular complexity index is 359. The van der Waals surface area contributed by atoms with Crippen molar-refractivity contribution in [1.82, 2.24) is 0 Å². The fourth-order valence-corrected chi connectivity index (χ4v) is 6.02. The lowest BCUT2D eigenvalue weighted by Gasteiger charge is -2.17. The van der Waals surface area contributed by atoms with Crippen LogP contribution in [-0.4, -0.2) is 0 Å². The van der Waals surface area contributed by atoms with Gasteiger partial charge in [-0.05, 0) is 5.92 Å². The van der Waals surface area contributed by atoms with Crippen molar-refractivity contribution < 1.29 is 0 Å². The molecule has 0 aliphatic heterocycles. The molecule has 0 aliphatic carbocycles. The van der Waals surface area contributed by atoms with E-state index in [2.05, 4.69) is 20.8 Å². The van der Waals surface area contributed by atoms with Crippen LogP contribution in [0.2, 0.25) is 0 Å². The molecular weight excluding hydrogens is 432 g/mol. The van der Waals surface area contributed by atoms with Crippen molar-refractivity contribution in [1.29, 1.82) is 0 Å². The first-order valence-electron chi connectivity index (χ1n) is 17.8. The molecule has 0 aromatic rings. The van der Waals surface area contributed by atoms with Crippen LogP contribution in [0.15, 0.2) is 0 Å². The van der Waals surface area contributed by atoms with E-state index in [0.717, 1.165) is 5.92 Å². The summed E-state index contributed by atoms with van der Waals surface area (Å²) < 4.78 is 0. The summed E-state index contributed by atoms with van der Waals surface area (Å²) in [5.74, 6) is 1.04. The zero-order valence-corrected chi connectivity index (χ0v) is 26.2. The van der Waals surface area contributed by atoms with E-state index < -0.39 is 0 Å². The molecule has 36 heavy (non-hydrogen) atoms. The van der Waals surface area contributed by atoms with Gasteiger partial charge in [-0.3, -0.25) is 0 Å². The van der Waals surface area contributed by atoms with Gasteiger partial charge in [0.1, 0.15) is 0 Å². The largest absolute Gasteiger partial charge is 0.0654 e. The molecular formula is C36H74. The van der Waals surface area contributed by atoms with Crippen molar-refractivity contribution >= 4 is 0 Å². The van der Waals surface area contributed by atoms with Crippen LogP contribution in [0.5, 0.6) is 0 Å². The molecule has 0 fully saturated rings. The van der Waals surface area contributed by atoms with Crippen LogP contribution >= 0.6 is 0 Å². The maximum Gasteiger partial charge on any atom is -0.0414 e. The topological polar surface area (TPSA) is 0 Å². The second-order valence-corrected chi connectivity index (χ2v) is 12.4. The third-order valence-corrected chi connectivity index (χ3v) is 8.65. The Balaban J connectivity index is 3.62. The molecule has 0 nitrogen and oxygen atoms in total. The normalized spacial score (nSPS) is 12.4. The molecule has 0 saturated carbocycles. The summed E-state index contributed by atoms with van der Waals surface area (Å²) in [4.78, 5) is 0. The van der Waals surface area contributed by atoms with E-state index in [0.29, 0.717) is 0 Å². The first-order chi connectivity index (χ1) is 17.8. The highest BCUT2D eigenvalue weighted by atomic mass is 14.1. The molecule has 0 heterocycles. The van der Waals surface area contributed by atoms with E-state index >= 15 is 0 Å². The van der Waals surface area contributed by atoms with Gasteiger partial charge < -0.3 is 0 Å². The van der Waals surface area contributed by atoms with Gasteiger partial charge in [0.25, 0.3) is 0 Å². The summed E-state index contributed by atoms with van der Waals surface area (Å²) in [5, 5.41) is 0. The molecule has 0 bridgehead atoms. The molecule has 0 aromatic carbocycles. The highest BCUT2D eigenvalue weighted by Gasteiger charge is 2.08. The van der Waals surface area contributed by atoms with Gasteiger partial charge in [-0.15, -0.1) is 0 Å². The van der Waals surface area contributed by atoms with Crippen LogP contribution in [0.25, 0.3) is 0 Å². The van der Waals surface area contributed by atoms with Crippen LogP contribution in [0.4, 0.5) is 0 Å². The van der Waals surface area contributed by atoms with E-state index in [-0.39, 0.29) is 0 Å². The van der Waals surface area contributed by atoms with Gasteiger partial charge in [0.05, 0.1) is 0 Å². The van der Waals surface area contributed by atoms with Crippen LogP contribution in [0.1, 0.15) is 226 Å². The van der Waals surface area contributed by atoms with Crippen molar-refractivity contribution in [3.8, 4) is 0 Å². The second-order valence-electron chi connectivity index (χ2n) is 12.4. The maximum atomic E-state index is 2.34. The van der Waals surface area contributed by atoms with Crippen LogP contribution < -0.4 is 0 Å². The SMILES string of the molecule is CCCCCCCCCCCCCCCCCC(CCCCCC)CCCCCCCCCCCC. The predicted octanol–water partition coefficient (Wildman–Crippen LogP) is 14.1. The minimum absolute atomic E-state index is 1.04. The van der Waals surface area contributed by atoms with E-state index in [1.807, 2.05) is 0 Å². The quantitative estimate of drug-likeness (QED) is 0.0795. The van der Waals surface area contributed by atoms with Crippen LogP contribution in [-0.2, 0) is 0 Å². The molecule has 0 aliphatic rings. The summed E-state index contributed by atoms with van der Waals surface area (Å²) in [7, 11) is 0. The first-order valence-corrected chi connectivity index (χ1v) is 17.8. The Hall–Kier alpha value is 0. The summed E-state index contributed by atoms with van der Waals surface area (Å²) in [5.41, 5.74) is 0. The molecule has 0 N–H and O–H groups in total. The highest BCUT2D eigenvalue weighted by Crippen LogP contribution is 2.25. The molecule has 0 radical (unpaired) electrons. The van der Waals surface area contributed by atoms with Gasteiger partial charge in [-0.25, -0.2) is 0 Å². The minimum atomic E-state index is 1.04. The fraction of sp³-hybridized carbons (Fsp3) is 1.00. The summed E-state index contributed by atoms with van der Waals surface area (Å²) in [6, 6.07) is 0. The standard InChI is InChI=1S/C36H74/c1-4-7-10-13-15-17-19-20-21-22-23-25-27-29-32-35-36(33-30-12-9-6-3)34-31-28-26-24-18-16-14-11-8-5-2/h36H,4-35H2,1-3H3. The molecule has 0 aromatic heterocycles. The maximum absolute atomic E-state index is 2.34. The Morgan fingerprint density at radius 1 is 0.222 bits per heavy atom. The summed E-state index contributed by atoms with van der Waals surface area (Å²) in [6.45, 7) is 6.97. The van der Waals surface area contributed by atoms with E-state index in [4.69, 9.17) is 0 Å².